The summed E-state index contributed by atoms with van der Waals surface area (Å²) in [4.78, 5) is -0.187. The van der Waals surface area contributed by atoms with Crippen molar-refractivity contribution in [2.24, 2.45) is 0 Å². The predicted molar refractivity (Wildman–Crippen MR) is 223 cm³/mol. The molecule has 5 aromatic rings. The Hall–Kier alpha value is -4.50. The van der Waals surface area contributed by atoms with Crippen molar-refractivity contribution in [2.75, 3.05) is 18.5 Å². The van der Waals surface area contributed by atoms with Crippen molar-refractivity contribution in [1.29, 1.82) is 0 Å². The molecular weight excluding hydrogens is 724 g/mol. The van der Waals surface area contributed by atoms with Crippen LogP contribution in [0, 0.1) is 13.0 Å². The summed E-state index contributed by atoms with van der Waals surface area (Å²) in [6.07, 6.45) is 8.27. The van der Waals surface area contributed by atoms with Gasteiger partial charge in [-0.1, -0.05) is 55.0 Å². The van der Waals surface area contributed by atoms with E-state index in [4.69, 9.17) is 4.74 Å². The van der Waals surface area contributed by atoms with Gasteiger partial charge in [-0.25, -0.2) is 13.0 Å². The average molecular weight is 773 g/mol. The van der Waals surface area contributed by atoms with Gasteiger partial charge in [0.25, 0.3) is 0 Å². The summed E-state index contributed by atoms with van der Waals surface area (Å²) in [5, 5.41) is 3.52. The molecule has 0 spiro atoms. The first kappa shape index (κ1) is 42.6. The van der Waals surface area contributed by atoms with Crippen LogP contribution in [0.1, 0.15) is 73.4 Å². The van der Waals surface area contributed by atoms with Crippen LogP contribution in [0.25, 0.3) is 5.57 Å². The second kappa shape index (κ2) is 19.6. The van der Waals surface area contributed by atoms with E-state index in [0.29, 0.717) is 13.0 Å². The smallest absolute Gasteiger partial charge is 0.744 e. The van der Waals surface area contributed by atoms with Gasteiger partial charge in [0.2, 0.25) is 0 Å². The molecule has 1 unspecified atom stereocenters. The molecule has 0 radical (unpaired) electrons. The summed E-state index contributed by atoms with van der Waals surface area (Å²) in [7, 11) is -4.52. The summed E-state index contributed by atoms with van der Waals surface area (Å²) in [5.74, 6) is 0.997. The third-order valence-corrected chi connectivity index (χ3v) is 11.0. The molecule has 0 bridgehead atoms. The van der Waals surface area contributed by atoms with Crippen molar-refractivity contribution in [3.8, 4) is 5.75 Å². The van der Waals surface area contributed by atoms with Crippen LogP contribution < -0.4 is 39.6 Å². The van der Waals surface area contributed by atoms with Crippen molar-refractivity contribution < 1.29 is 51.8 Å². The van der Waals surface area contributed by atoms with E-state index in [2.05, 4.69) is 110 Å². The molecule has 0 saturated carbocycles. The molecule has 1 aliphatic carbocycles. The van der Waals surface area contributed by atoms with Crippen LogP contribution in [0.3, 0.4) is 0 Å². The molecule has 8 heteroatoms. The SMILES string of the molecule is CCOc1ccc(Nc2ccc(/C(=C3/C=CC(=[N+](CC)Cc4c[c-]ccc4)C=C3C)c3ccc(C(CC)Cc4cccc(S(=O)(=O)[O-])c4)cc3C)cc2)cc1.[Na+]. The van der Waals surface area contributed by atoms with Gasteiger partial charge in [0.15, 0.2) is 5.71 Å². The number of benzene rings is 5. The van der Waals surface area contributed by atoms with Crippen molar-refractivity contribution in [3.63, 3.8) is 0 Å². The average Bonchev–Trinajstić information content (AvgIpc) is 3.19. The van der Waals surface area contributed by atoms with Crippen LogP contribution in [0.5, 0.6) is 5.75 Å². The number of rotatable bonds is 14. The molecule has 1 aliphatic rings. The Morgan fingerprint density at radius 3 is 2.18 bits per heavy atom. The maximum absolute atomic E-state index is 11.7. The third-order valence-electron chi connectivity index (χ3n) is 10.2. The van der Waals surface area contributed by atoms with Crippen LogP contribution in [-0.2, 0) is 23.1 Å². The Morgan fingerprint density at radius 2 is 1.57 bits per heavy atom. The third kappa shape index (κ3) is 10.7. The summed E-state index contributed by atoms with van der Waals surface area (Å²) in [6, 6.07) is 41.1. The second-order valence-electron chi connectivity index (χ2n) is 13.9. The molecule has 0 aromatic heterocycles. The fourth-order valence-electron chi connectivity index (χ4n) is 7.24. The molecule has 5 aromatic carbocycles. The minimum absolute atomic E-state index is 0. The first-order valence-corrected chi connectivity index (χ1v) is 20.4. The van der Waals surface area contributed by atoms with E-state index in [1.165, 1.54) is 40.1 Å². The Labute approximate surface area is 355 Å². The zero-order valence-electron chi connectivity index (χ0n) is 33.3. The van der Waals surface area contributed by atoms with Crippen LogP contribution in [-0.4, -0.2) is 36.4 Å². The Kier molecular flexibility index (Phi) is 14.9. The van der Waals surface area contributed by atoms with Gasteiger partial charge in [0, 0.05) is 23.5 Å². The molecular formula is C48H49N2NaO4S. The number of nitrogens with zero attached hydrogens (tertiary/aromatic N) is 1. The van der Waals surface area contributed by atoms with E-state index in [1.54, 1.807) is 6.07 Å². The maximum atomic E-state index is 11.7. The topological polar surface area (TPSA) is 81.5 Å². The number of allylic oxidation sites excluding steroid dienone is 5. The molecule has 0 heterocycles. The fourth-order valence-corrected chi connectivity index (χ4v) is 7.78. The summed E-state index contributed by atoms with van der Waals surface area (Å²) in [5.41, 5.74) is 13.3. The largest absolute Gasteiger partial charge is 1.00 e. The van der Waals surface area contributed by atoms with E-state index in [0.717, 1.165) is 64.5 Å². The molecule has 6 rings (SSSR count). The minimum Gasteiger partial charge on any atom is -0.744 e. The number of hydrogen-bond donors (Lipinski definition) is 1. The summed E-state index contributed by atoms with van der Waals surface area (Å²) < 4.78 is 43.2. The first-order valence-electron chi connectivity index (χ1n) is 19.0. The van der Waals surface area contributed by atoms with Crippen molar-refractivity contribution >= 4 is 32.8 Å². The Bertz CT molecular complexity index is 2360. The number of ether oxygens (including phenoxy) is 1. The van der Waals surface area contributed by atoms with E-state index in [-0.39, 0.29) is 40.4 Å². The quantitative estimate of drug-likeness (QED) is 0.0546. The first-order chi connectivity index (χ1) is 26.6. The number of aryl methyl sites for hydroxylation is 1. The molecule has 1 N–H and O–H groups in total. The normalized spacial score (nSPS) is 15.0. The van der Waals surface area contributed by atoms with Gasteiger partial charge in [-0.05, 0) is 146 Å². The van der Waals surface area contributed by atoms with Crippen LogP contribution in [0.4, 0.5) is 11.4 Å². The van der Waals surface area contributed by atoms with Crippen molar-refractivity contribution in [2.45, 2.75) is 64.8 Å². The van der Waals surface area contributed by atoms with E-state index >= 15 is 0 Å². The molecule has 1 atom stereocenters. The molecule has 56 heavy (non-hydrogen) atoms. The number of anilines is 2. The summed E-state index contributed by atoms with van der Waals surface area (Å²) in [6.45, 7) is 13.0. The molecule has 0 saturated heterocycles. The van der Waals surface area contributed by atoms with Gasteiger partial charge in [-0.15, -0.1) is 0 Å². The van der Waals surface area contributed by atoms with Crippen LogP contribution in [0.15, 0.2) is 150 Å². The molecule has 0 fully saturated rings. The predicted octanol–water partition coefficient (Wildman–Crippen LogP) is 7.57. The van der Waals surface area contributed by atoms with Gasteiger partial charge < -0.3 is 14.6 Å². The second-order valence-corrected chi connectivity index (χ2v) is 15.3. The van der Waals surface area contributed by atoms with Crippen molar-refractivity contribution in [1.82, 2.24) is 0 Å². The number of hydrogen-bond acceptors (Lipinski definition) is 5. The standard InChI is InChI=1S/C48H49N2O4S.Na/c1-6-38(31-37-15-12-16-45(32-37)55(51,52)53)40-19-27-46(34(4)29-40)48(39-17-20-41(21-18-39)49-42-22-25-44(26-23-42)54-8-3)47-28-24-43(30-35(47)5)50(7-2)33-36-13-10-9-11-14-36;/h9-10,12-30,32,38H,6-8,31,33H2,1-5H3,(H,51,52,53);/q-1;+1. The molecule has 6 nitrogen and oxygen atoms in total. The van der Waals surface area contributed by atoms with Gasteiger partial charge in [-0.3, -0.25) is 0 Å². The zero-order valence-corrected chi connectivity index (χ0v) is 36.1. The van der Waals surface area contributed by atoms with Gasteiger partial charge in [0.05, 0.1) is 11.5 Å². The van der Waals surface area contributed by atoms with E-state index < -0.39 is 10.1 Å². The zero-order chi connectivity index (χ0) is 39.0. The molecule has 0 aliphatic heterocycles. The van der Waals surface area contributed by atoms with Gasteiger partial charge >= 0.3 is 29.6 Å². The van der Waals surface area contributed by atoms with Crippen LogP contribution in [0.2, 0.25) is 0 Å². The minimum atomic E-state index is -4.52. The maximum Gasteiger partial charge on any atom is 1.00 e. The van der Waals surface area contributed by atoms with Gasteiger partial charge in [0.1, 0.15) is 29.0 Å². The fraction of sp³-hybridized carbons (Fsp3) is 0.229. The van der Waals surface area contributed by atoms with E-state index in [1.807, 2.05) is 55.5 Å². The number of nitrogens with one attached hydrogen (secondary N) is 1. The molecule has 0 amide bonds. The summed E-state index contributed by atoms with van der Waals surface area (Å²) >= 11 is 0. The van der Waals surface area contributed by atoms with E-state index in [9.17, 15) is 13.0 Å². The van der Waals surface area contributed by atoms with Crippen LogP contribution >= 0.6 is 0 Å². The molecule has 282 valence electrons. The van der Waals surface area contributed by atoms with Gasteiger partial charge in [-0.2, -0.15) is 30.3 Å². The monoisotopic (exact) mass is 772 g/mol. The van der Waals surface area contributed by atoms with Crippen molar-refractivity contribution in [3.05, 3.63) is 184 Å². The Morgan fingerprint density at radius 1 is 0.857 bits per heavy atom. The Balaban J connectivity index is 0.00000600.